The van der Waals surface area contributed by atoms with E-state index in [9.17, 15) is 9.90 Å². The van der Waals surface area contributed by atoms with Gasteiger partial charge in [-0.25, -0.2) is 4.79 Å². The van der Waals surface area contributed by atoms with Crippen LogP contribution >= 0.6 is 11.8 Å². The van der Waals surface area contributed by atoms with Crippen LogP contribution in [-0.2, 0) is 0 Å². The second-order valence-electron chi connectivity index (χ2n) is 3.71. The Bertz CT molecular complexity index is 403. The molecule has 2 atom stereocenters. The Morgan fingerprint density at radius 1 is 1.53 bits per heavy atom. The van der Waals surface area contributed by atoms with E-state index in [1.165, 1.54) is 11.8 Å². The molecule has 15 heavy (non-hydrogen) atoms. The van der Waals surface area contributed by atoms with E-state index in [0.717, 1.165) is 10.5 Å². The van der Waals surface area contributed by atoms with Crippen LogP contribution in [0.5, 0.6) is 0 Å². The van der Waals surface area contributed by atoms with Crippen LogP contribution in [0.4, 0.5) is 0 Å². The lowest BCUT2D eigenvalue weighted by atomic mass is 10.0. The Labute approximate surface area is 92.1 Å². The number of rotatable bonds is 1. The van der Waals surface area contributed by atoms with Crippen molar-refractivity contribution in [1.82, 2.24) is 0 Å². The van der Waals surface area contributed by atoms with Crippen LogP contribution < -0.4 is 0 Å². The van der Waals surface area contributed by atoms with Gasteiger partial charge in [-0.2, -0.15) is 0 Å². The number of carbonyl (C=O) groups is 1. The predicted molar refractivity (Wildman–Crippen MR) is 58.3 cm³/mol. The average molecular weight is 224 g/mol. The Kier molecular flexibility index (Phi) is 2.71. The molecule has 0 saturated carbocycles. The van der Waals surface area contributed by atoms with Gasteiger partial charge in [-0.15, -0.1) is 11.8 Å². The molecule has 1 aromatic rings. The number of benzene rings is 1. The normalized spacial score (nSPS) is 24.7. The molecule has 0 fully saturated rings. The minimum Gasteiger partial charge on any atom is -0.478 e. The number of carboxylic acid groups (broad SMARTS) is 1. The lowest BCUT2D eigenvalue weighted by Gasteiger charge is -2.26. The SMILES string of the molecule is CC1CC(O)c2cccc(C(=O)O)c2S1. The summed E-state index contributed by atoms with van der Waals surface area (Å²) in [4.78, 5) is 11.7. The van der Waals surface area contributed by atoms with Gasteiger partial charge in [-0.1, -0.05) is 19.1 Å². The number of aliphatic hydroxyl groups excluding tert-OH is 1. The summed E-state index contributed by atoms with van der Waals surface area (Å²) in [6, 6.07) is 5.06. The summed E-state index contributed by atoms with van der Waals surface area (Å²) in [5.41, 5.74) is 1.04. The fourth-order valence-corrected chi connectivity index (χ4v) is 3.11. The highest BCUT2D eigenvalue weighted by molar-refractivity contribution is 8.00. The molecule has 1 heterocycles. The maximum atomic E-state index is 11.0. The van der Waals surface area contributed by atoms with Gasteiger partial charge < -0.3 is 10.2 Å². The van der Waals surface area contributed by atoms with Crippen LogP contribution in [0.2, 0.25) is 0 Å². The summed E-state index contributed by atoms with van der Waals surface area (Å²) in [6.45, 7) is 2.00. The van der Waals surface area contributed by atoms with E-state index in [4.69, 9.17) is 5.11 Å². The van der Waals surface area contributed by atoms with Crippen LogP contribution in [-0.4, -0.2) is 21.4 Å². The maximum absolute atomic E-state index is 11.0. The molecule has 0 spiro atoms. The highest BCUT2D eigenvalue weighted by Crippen LogP contribution is 2.42. The Morgan fingerprint density at radius 3 is 2.93 bits per heavy atom. The zero-order valence-electron chi connectivity index (χ0n) is 8.30. The third-order valence-electron chi connectivity index (χ3n) is 2.51. The Balaban J connectivity index is 2.54. The van der Waals surface area contributed by atoms with Gasteiger partial charge in [-0.05, 0) is 18.1 Å². The quantitative estimate of drug-likeness (QED) is 0.768. The second kappa shape index (κ2) is 3.87. The molecule has 1 aliphatic rings. The van der Waals surface area contributed by atoms with Crippen molar-refractivity contribution in [3.05, 3.63) is 29.3 Å². The number of hydrogen-bond acceptors (Lipinski definition) is 3. The van der Waals surface area contributed by atoms with E-state index in [1.54, 1.807) is 18.2 Å². The van der Waals surface area contributed by atoms with E-state index >= 15 is 0 Å². The summed E-state index contributed by atoms with van der Waals surface area (Å²) in [6.07, 6.45) is 0.149. The maximum Gasteiger partial charge on any atom is 0.336 e. The van der Waals surface area contributed by atoms with Crippen LogP contribution in [0.3, 0.4) is 0 Å². The standard InChI is InChI=1S/C11H12O3S/c1-6-5-9(12)7-3-2-4-8(11(13)14)10(7)15-6/h2-4,6,9,12H,5H2,1H3,(H,13,14). The summed E-state index contributed by atoms with van der Waals surface area (Å²) < 4.78 is 0. The van der Waals surface area contributed by atoms with Gasteiger partial charge in [-0.3, -0.25) is 0 Å². The minimum atomic E-state index is -0.930. The number of thioether (sulfide) groups is 1. The lowest BCUT2D eigenvalue weighted by Crippen LogP contribution is -2.15. The highest BCUT2D eigenvalue weighted by Gasteiger charge is 2.27. The van der Waals surface area contributed by atoms with Crippen LogP contribution in [0.25, 0.3) is 0 Å². The molecule has 0 amide bonds. The molecule has 0 aliphatic carbocycles. The van der Waals surface area contributed by atoms with Gasteiger partial charge in [0, 0.05) is 10.1 Å². The van der Waals surface area contributed by atoms with Gasteiger partial charge >= 0.3 is 5.97 Å². The Hall–Kier alpha value is -1.00. The van der Waals surface area contributed by atoms with Crippen molar-refractivity contribution in [2.24, 2.45) is 0 Å². The van der Waals surface area contributed by atoms with Gasteiger partial charge in [0.2, 0.25) is 0 Å². The molecule has 0 aromatic heterocycles. The zero-order chi connectivity index (χ0) is 11.0. The van der Waals surface area contributed by atoms with E-state index in [1.807, 2.05) is 6.92 Å². The lowest BCUT2D eigenvalue weighted by molar-refractivity contribution is 0.0692. The smallest absolute Gasteiger partial charge is 0.336 e. The topological polar surface area (TPSA) is 57.5 Å². The molecule has 2 rings (SSSR count). The molecule has 0 bridgehead atoms. The first-order valence-electron chi connectivity index (χ1n) is 4.80. The molecular formula is C11H12O3S. The molecule has 80 valence electrons. The number of aliphatic hydroxyl groups is 1. The third-order valence-corrected chi connectivity index (χ3v) is 3.80. The first-order valence-corrected chi connectivity index (χ1v) is 5.68. The molecular weight excluding hydrogens is 212 g/mol. The zero-order valence-corrected chi connectivity index (χ0v) is 9.12. The largest absolute Gasteiger partial charge is 0.478 e. The molecule has 1 aliphatic heterocycles. The first kappa shape index (κ1) is 10.5. The fraction of sp³-hybridized carbons (Fsp3) is 0.364. The molecule has 0 radical (unpaired) electrons. The Morgan fingerprint density at radius 2 is 2.27 bits per heavy atom. The molecule has 0 saturated heterocycles. The predicted octanol–water partition coefficient (Wildman–Crippen LogP) is 2.30. The first-order chi connectivity index (χ1) is 7.09. The van der Waals surface area contributed by atoms with Gasteiger partial charge in [0.25, 0.3) is 0 Å². The summed E-state index contributed by atoms with van der Waals surface area (Å²) in [5, 5.41) is 19.1. The van der Waals surface area contributed by atoms with E-state index in [0.29, 0.717) is 12.0 Å². The number of fused-ring (bicyclic) bond motifs is 1. The molecule has 3 nitrogen and oxygen atoms in total. The van der Waals surface area contributed by atoms with Crippen molar-refractivity contribution in [3.63, 3.8) is 0 Å². The van der Waals surface area contributed by atoms with Crippen molar-refractivity contribution in [3.8, 4) is 0 Å². The average Bonchev–Trinajstić information content (AvgIpc) is 2.16. The van der Waals surface area contributed by atoms with Gasteiger partial charge in [0.1, 0.15) is 0 Å². The highest BCUT2D eigenvalue weighted by atomic mass is 32.2. The van der Waals surface area contributed by atoms with E-state index in [2.05, 4.69) is 0 Å². The summed E-state index contributed by atoms with van der Waals surface area (Å²) >= 11 is 1.53. The van der Waals surface area contributed by atoms with E-state index < -0.39 is 12.1 Å². The summed E-state index contributed by atoms with van der Waals surface area (Å²) in [5.74, 6) is -0.930. The van der Waals surface area contributed by atoms with Crippen molar-refractivity contribution >= 4 is 17.7 Å². The van der Waals surface area contributed by atoms with Gasteiger partial charge in [0.15, 0.2) is 0 Å². The van der Waals surface area contributed by atoms with Gasteiger partial charge in [0.05, 0.1) is 11.7 Å². The van der Waals surface area contributed by atoms with Crippen LogP contribution in [0.15, 0.2) is 23.1 Å². The van der Waals surface area contributed by atoms with Crippen molar-refractivity contribution in [1.29, 1.82) is 0 Å². The molecule has 2 unspecified atom stereocenters. The second-order valence-corrected chi connectivity index (χ2v) is 5.16. The van der Waals surface area contributed by atoms with E-state index in [-0.39, 0.29) is 5.25 Å². The van der Waals surface area contributed by atoms with Crippen LogP contribution in [0, 0.1) is 0 Å². The molecule has 2 N–H and O–H groups in total. The number of carboxylic acids is 1. The van der Waals surface area contributed by atoms with Crippen molar-refractivity contribution in [2.75, 3.05) is 0 Å². The monoisotopic (exact) mass is 224 g/mol. The number of aromatic carboxylic acids is 1. The van der Waals surface area contributed by atoms with Crippen molar-refractivity contribution < 1.29 is 15.0 Å². The van der Waals surface area contributed by atoms with Crippen molar-refractivity contribution in [2.45, 2.75) is 29.6 Å². The molecule has 1 aromatic carbocycles. The minimum absolute atomic E-state index is 0.257. The third kappa shape index (κ3) is 1.87. The van der Waals surface area contributed by atoms with Crippen LogP contribution in [0.1, 0.15) is 35.4 Å². The summed E-state index contributed by atoms with van der Waals surface area (Å²) in [7, 11) is 0. The fourth-order valence-electron chi connectivity index (χ4n) is 1.81. The number of hydrogen-bond donors (Lipinski definition) is 2. The molecule has 4 heteroatoms.